The van der Waals surface area contributed by atoms with Crippen LogP contribution in [0.4, 0.5) is 0 Å². The number of hydrogen-bond donors (Lipinski definition) is 1. The van der Waals surface area contributed by atoms with Crippen LogP contribution in [0.25, 0.3) is 11.3 Å². The summed E-state index contributed by atoms with van der Waals surface area (Å²) < 4.78 is 5.51. The van der Waals surface area contributed by atoms with Crippen LogP contribution in [0.5, 0.6) is 5.75 Å². The molecule has 0 unspecified atom stereocenters. The minimum Gasteiger partial charge on any atom is -0.494 e. The largest absolute Gasteiger partial charge is 0.494 e. The third-order valence-corrected chi connectivity index (χ3v) is 7.82. The molecule has 170 valence electrons. The van der Waals surface area contributed by atoms with Gasteiger partial charge < -0.3 is 14.5 Å². The van der Waals surface area contributed by atoms with Crippen molar-refractivity contribution >= 4 is 11.8 Å². The summed E-state index contributed by atoms with van der Waals surface area (Å²) in [7, 11) is 0. The number of H-pyrrole nitrogens is 1. The molecule has 32 heavy (non-hydrogen) atoms. The molecular weight excluding hydrogens is 404 g/mol. The maximum absolute atomic E-state index is 13.7. The van der Waals surface area contributed by atoms with E-state index in [4.69, 9.17) is 4.74 Å². The average molecular weight is 437 g/mol. The molecule has 5 rings (SSSR count). The van der Waals surface area contributed by atoms with Crippen LogP contribution in [0.3, 0.4) is 0 Å². The summed E-state index contributed by atoms with van der Waals surface area (Å²) in [6.07, 6.45) is 5.21. The summed E-state index contributed by atoms with van der Waals surface area (Å²) in [6.45, 7) is 7.18. The van der Waals surface area contributed by atoms with Crippen LogP contribution in [0.2, 0.25) is 0 Å². The van der Waals surface area contributed by atoms with Gasteiger partial charge in [0.1, 0.15) is 11.4 Å². The van der Waals surface area contributed by atoms with Crippen LogP contribution in [0.15, 0.2) is 30.3 Å². The lowest BCUT2D eigenvalue weighted by atomic mass is 9.71. The van der Waals surface area contributed by atoms with Crippen molar-refractivity contribution in [2.24, 2.45) is 5.41 Å². The Balaban J connectivity index is 1.43. The van der Waals surface area contributed by atoms with E-state index >= 15 is 0 Å². The van der Waals surface area contributed by atoms with Gasteiger partial charge in [-0.2, -0.15) is 5.10 Å². The lowest BCUT2D eigenvalue weighted by Gasteiger charge is -2.46. The molecule has 3 fully saturated rings. The lowest BCUT2D eigenvalue weighted by Crippen LogP contribution is -2.55. The third-order valence-electron chi connectivity index (χ3n) is 7.82. The summed E-state index contributed by atoms with van der Waals surface area (Å²) in [4.78, 5) is 30.3. The fourth-order valence-corrected chi connectivity index (χ4v) is 6.43. The number of rotatable bonds is 4. The number of aromatic nitrogens is 2. The summed E-state index contributed by atoms with van der Waals surface area (Å²) >= 11 is 0. The lowest BCUT2D eigenvalue weighted by molar-refractivity contribution is -0.136. The molecule has 2 amide bonds. The van der Waals surface area contributed by atoms with Gasteiger partial charge in [-0.05, 0) is 56.5 Å². The van der Waals surface area contributed by atoms with E-state index in [9.17, 15) is 9.59 Å². The van der Waals surface area contributed by atoms with Gasteiger partial charge in [-0.15, -0.1) is 0 Å². The van der Waals surface area contributed by atoms with Crippen molar-refractivity contribution in [3.63, 3.8) is 0 Å². The zero-order chi connectivity index (χ0) is 22.5. The molecule has 1 aromatic heterocycles. The highest BCUT2D eigenvalue weighted by Crippen LogP contribution is 2.53. The Kier molecular flexibility index (Phi) is 5.22. The number of aromatic amines is 1. The second kappa shape index (κ2) is 7.94. The first-order valence-corrected chi connectivity index (χ1v) is 11.8. The number of nitrogens with one attached hydrogen (secondary N) is 1. The summed E-state index contributed by atoms with van der Waals surface area (Å²) in [5.41, 5.74) is 2.15. The maximum atomic E-state index is 13.7. The quantitative estimate of drug-likeness (QED) is 0.789. The van der Waals surface area contributed by atoms with E-state index in [-0.39, 0.29) is 35.4 Å². The van der Waals surface area contributed by atoms with Gasteiger partial charge in [0.2, 0.25) is 5.91 Å². The normalized spacial score (nSPS) is 29.0. The predicted molar refractivity (Wildman–Crippen MR) is 121 cm³/mol. The number of fused-ring (bicyclic) bond motifs is 1. The highest BCUT2D eigenvalue weighted by atomic mass is 16.5. The zero-order valence-corrected chi connectivity index (χ0v) is 19.1. The predicted octanol–water partition coefficient (Wildman–Crippen LogP) is 3.87. The van der Waals surface area contributed by atoms with Crippen LogP contribution in [0, 0.1) is 5.41 Å². The van der Waals surface area contributed by atoms with Gasteiger partial charge in [0.25, 0.3) is 5.91 Å². The summed E-state index contributed by atoms with van der Waals surface area (Å²) in [6, 6.07) is 10.0. The maximum Gasteiger partial charge on any atom is 0.272 e. The van der Waals surface area contributed by atoms with Crippen molar-refractivity contribution in [1.29, 1.82) is 0 Å². The molecule has 1 saturated carbocycles. The molecule has 7 heteroatoms. The molecule has 2 aliphatic heterocycles. The molecule has 3 aliphatic rings. The number of amides is 2. The van der Waals surface area contributed by atoms with Crippen LogP contribution in [-0.4, -0.2) is 63.1 Å². The standard InChI is InChI=1S/C25H32N4O3/c1-4-32-19-11-9-17(10-12-19)20-13-21(27-26-20)24(31)29-18-14-25(3)22(28(15-18)16(2)30)7-5-6-8-23(25)29/h9-13,18,22-23H,4-8,14-15H2,1-3H3,(H,26,27)/t18-,22+,23-,25+/m0/s1. The van der Waals surface area contributed by atoms with E-state index in [1.54, 1.807) is 6.92 Å². The number of hydrogen-bond acceptors (Lipinski definition) is 4. The summed E-state index contributed by atoms with van der Waals surface area (Å²) in [5.74, 6) is 0.943. The third kappa shape index (κ3) is 3.29. The van der Waals surface area contributed by atoms with Crippen molar-refractivity contribution in [3.05, 3.63) is 36.0 Å². The van der Waals surface area contributed by atoms with Crippen molar-refractivity contribution in [2.75, 3.05) is 13.2 Å². The minimum absolute atomic E-state index is 0.000497. The van der Waals surface area contributed by atoms with E-state index in [1.807, 2.05) is 42.2 Å². The second-order valence-electron chi connectivity index (χ2n) is 9.69. The second-order valence-corrected chi connectivity index (χ2v) is 9.69. The summed E-state index contributed by atoms with van der Waals surface area (Å²) in [5, 5.41) is 7.40. The van der Waals surface area contributed by atoms with Gasteiger partial charge in [-0.3, -0.25) is 14.7 Å². The van der Waals surface area contributed by atoms with E-state index in [0.717, 1.165) is 49.1 Å². The number of nitrogens with zero attached hydrogens (tertiary/aromatic N) is 3. The molecule has 1 aromatic carbocycles. The van der Waals surface area contributed by atoms with E-state index in [0.29, 0.717) is 18.8 Å². The number of benzene rings is 1. The Bertz CT molecular complexity index is 1020. The topological polar surface area (TPSA) is 78.5 Å². The van der Waals surface area contributed by atoms with E-state index < -0.39 is 0 Å². The molecule has 0 radical (unpaired) electrons. The van der Waals surface area contributed by atoms with Crippen LogP contribution in [0.1, 0.15) is 63.4 Å². The Labute approximate surface area is 189 Å². The molecule has 4 atom stereocenters. The number of carbonyl (C=O) groups is 2. The van der Waals surface area contributed by atoms with Gasteiger partial charge in [0, 0.05) is 36.5 Å². The Morgan fingerprint density at radius 1 is 1.19 bits per heavy atom. The SMILES string of the molecule is CCOc1ccc(-c2cc(C(=O)N3[C@@H]4CN(C(C)=O)[C@@H]5CCCC[C@H]3[C@]5(C)C4)[nH]n2)cc1. The first-order chi connectivity index (χ1) is 15.4. The Morgan fingerprint density at radius 3 is 2.59 bits per heavy atom. The molecule has 2 aromatic rings. The highest BCUT2D eigenvalue weighted by molar-refractivity contribution is 5.94. The number of carbonyl (C=O) groups excluding carboxylic acids is 2. The van der Waals surface area contributed by atoms with Crippen molar-refractivity contribution in [3.8, 4) is 17.0 Å². The van der Waals surface area contributed by atoms with Gasteiger partial charge in [0.05, 0.1) is 18.3 Å². The molecule has 2 bridgehead atoms. The number of piperidine rings is 1. The van der Waals surface area contributed by atoms with Crippen LogP contribution in [-0.2, 0) is 4.79 Å². The molecular formula is C25H32N4O3. The van der Waals surface area contributed by atoms with Crippen LogP contribution < -0.4 is 4.74 Å². The zero-order valence-electron chi connectivity index (χ0n) is 19.1. The van der Waals surface area contributed by atoms with Gasteiger partial charge >= 0.3 is 0 Å². The van der Waals surface area contributed by atoms with E-state index in [1.165, 1.54) is 0 Å². The number of likely N-dealkylation sites (tertiary alicyclic amines) is 2. The smallest absolute Gasteiger partial charge is 0.272 e. The van der Waals surface area contributed by atoms with Gasteiger partial charge in [-0.25, -0.2) is 0 Å². The Morgan fingerprint density at radius 2 is 1.91 bits per heavy atom. The van der Waals surface area contributed by atoms with Gasteiger partial charge in [-0.1, -0.05) is 19.8 Å². The van der Waals surface area contributed by atoms with E-state index in [2.05, 4.69) is 22.0 Å². The van der Waals surface area contributed by atoms with Gasteiger partial charge in [0.15, 0.2) is 0 Å². The molecule has 2 saturated heterocycles. The van der Waals surface area contributed by atoms with Crippen molar-refractivity contribution in [2.45, 2.75) is 71.0 Å². The van der Waals surface area contributed by atoms with Crippen molar-refractivity contribution < 1.29 is 14.3 Å². The number of ether oxygens (including phenoxy) is 1. The Hall–Kier alpha value is -2.83. The van der Waals surface area contributed by atoms with Crippen molar-refractivity contribution in [1.82, 2.24) is 20.0 Å². The average Bonchev–Trinajstić information content (AvgIpc) is 3.30. The molecule has 1 N–H and O–H groups in total. The molecule has 0 spiro atoms. The molecule has 3 heterocycles. The highest BCUT2D eigenvalue weighted by Gasteiger charge is 2.60. The first kappa shape index (κ1) is 21.0. The monoisotopic (exact) mass is 436 g/mol. The fraction of sp³-hybridized carbons (Fsp3) is 0.560. The molecule has 7 nitrogen and oxygen atoms in total. The van der Waals surface area contributed by atoms with Crippen LogP contribution >= 0.6 is 0 Å². The fourth-order valence-electron chi connectivity index (χ4n) is 6.43. The molecule has 1 aliphatic carbocycles. The minimum atomic E-state index is -0.0429. The first-order valence-electron chi connectivity index (χ1n) is 11.8.